The van der Waals surface area contributed by atoms with Gasteiger partial charge in [-0.25, -0.2) is 8.78 Å². The van der Waals surface area contributed by atoms with Gasteiger partial charge in [0.1, 0.15) is 22.8 Å². The number of rotatable bonds is 3. The molecule has 0 bridgehead atoms. The van der Waals surface area contributed by atoms with Crippen molar-refractivity contribution in [3.05, 3.63) is 59.6 Å². The molecule has 1 amide bonds. The van der Waals surface area contributed by atoms with Crippen LogP contribution in [0.3, 0.4) is 0 Å². The van der Waals surface area contributed by atoms with E-state index >= 15 is 0 Å². The van der Waals surface area contributed by atoms with Crippen LogP contribution >= 0.6 is 11.8 Å². The molecule has 2 heterocycles. The van der Waals surface area contributed by atoms with E-state index in [1.165, 1.54) is 41.1 Å². The van der Waals surface area contributed by atoms with E-state index in [1.807, 2.05) is 0 Å². The first-order valence-electron chi connectivity index (χ1n) is 6.50. The third-order valence-corrected chi connectivity index (χ3v) is 4.76. The number of carbonyl (C=O) groups excluding carboxylic acids is 1. The number of nitrogens with zero attached hydrogens (tertiary/aromatic N) is 1. The molecular weight excluding hydrogens is 296 g/mol. The normalized spacial score (nSPS) is 22.0. The monoisotopic (exact) mass is 309 g/mol. The number of halogens is 2. The van der Waals surface area contributed by atoms with Gasteiger partial charge >= 0.3 is 0 Å². The summed E-state index contributed by atoms with van der Waals surface area (Å²) in [6, 6.07) is 7.17. The summed E-state index contributed by atoms with van der Waals surface area (Å²) in [5.74, 6) is -0.846. The lowest BCUT2D eigenvalue weighted by Gasteiger charge is -2.23. The molecular formula is C15H13F2NO2S. The maximum atomic E-state index is 14.0. The van der Waals surface area contributed by atoms with Gasteiger partial charge in [0, 0.05) is 0 Å². The quantitative estimate of drug-likeness (QED) is 0.866. The molecule has 3 nitrogen and oxygen atoms in total. The molecule has 2 atom stereocenters. The van der Waals surface area contributed by atoms with Crippen molar-refractivity contribution in [1.82, 2.24) is 4.90 Å². The van der Waals surface area contributed by atoms with E-state index in [4.69, 9.17) is 4.42 Å². The van der Waals surface area contributed by atoms with Gasteiger partial charge in [-0.1, -0.05) is 6.07 Å². The van der Waals surface area contributed by atoms with Crippen molar-refractivity contribution in [2.75, 3.05) is 0 Å². The predicted molar refractivity (Wildman–Crippen MR) is 75.4 cm³/mol. The molecule has 2 aromatic rings. The van der Waals surface area contributed by atoms with Crippen LogP contribution < -0.4 is 0 Å². The van der Waals surface area contributed by atoms with E-state index in [0.717, 1.165) is 0 Å². The second kappa shape index (κ2) is 5.52. The van der Waals surface area contributed by atoms with Gasteiger partial charge in [-0.05, 0) is 31.2 Å². The van der Waals surface area contributed by atoms with E-state index < -0.39 is 17.0 Å². The number of carbonyl (C=O) groups is 1. The SMILES string of the molecule is CC1SC(c2c(F)cccc2F)N(Cc2ccco2)C1=O. The molecule has 2 unspecified atom stereocenters. The van der Waals surface area contributed by atoms with Gasteiger partial charge in [0.25, 0.3) is 0 Å². The van der Waals surface area contributed by atoms with Crippen LogP contribution in [0, 0.1) is 11.6 Å². The standard InChI is InChI=1S/C15H13F2NO2S/c1-9-14(19)18(8-10-4-3-7-20-10)15(21-9)13-11(16)5-2-6-12(13)17/h2-7,9,15H,8H2,1H3. The molecule has 1 saturated heterocycles. The summed E-state index contributed by atoms with van der Waals surface area (Å²) in [7, 11) is 0. The fourth-order valence-electron chi connectivity index (χ4n) is 2.38. The summed E-state index contributed by atoms with van der Waals surface area (Å²) in [4.78, 5) is 13.7. The highest BCUT2D eigenvalue weighted by Crippen LogP contribution is 2.45. The Morgan fingerprint density at radius 3 is 2.57 bits per heavy atom. The van der Waals surface area contributed by atoms with Crippen molar-refractivity contribution >= 4 is 17.7 Å². The fraction of sp³-hybridized carbons (Fsp3) is 0.267. The van der Waals surface area contributed by atoms with Crippen LogP contribution in [0.2, 0.25) is 0 Å². The van der Waals surface area contributed by atoms with Crippen molar-refractivity contribution in [2.45, 2.75) is 24.1 Å². The second-order valence-corrected chi connectivity index (χ2v) is 6.24. The van der Waals surface area contributed by atoms with Crippen LogP contribution in [0.5, 0.6) is 0 Å². The lowest BCUT2D eigenvalue weighted by atomic mass is 10.1. The maximum Gasteiger partial charge on any atom is 0.237 e. The summed E-state index contributed by atoms with van der Waals surface area (Å²) in [5, 5.41) is -1.03. The van der Waals surface area contributed by atoms with Gasteiger partial charge in [-0.15, -0.1) is 11.8 Å². The average Bonchev–Trinajstić information content (AvgIpc) is 3.03. The molecule has 0 aliphatic carbocycles. The molecule has 0 N–H and O–H groups in total. The Morgan fingerprint density at radius 1 is 1.24 bits per heavy atom. The fourth-order valence-corrected chi connectivity index (χ4v) is 3.70. The van der Waals surface area contributed by atoms with Crippen molar-refractivity contribution in [3.63, 3.8) is 0 Å². The smallest absolute Gasteiger partial charge is 0.237 e. The van der Waals surface area contributed by atoms with Gasteiger partial charge in [-0.3, -0.25) is 4.79 Å². The lowest BCUT2D eigenvalue weighted by Crippen LogP contribution is -2.30. The van der Waals surface area contributed by atoms with Crippen LogP contribution in [0.4, 0.5) is 8.78 Å². The average molecular weight is 309 g/mol. The van der Waals surface area contributed by atoms with Gasteiger partial charge in [0.2, 0.25) is 5.91 Å². The molecule has 1 aliphatic heterocycles. The minimum Gasteiger partial charge on any atom is -0.467 e. The third kappa shape index (κ3) is 2.55. The van der Waals surface area contributed by atoms with Crippen molar-refractivity contribution in [1.29, 1.82) is 0 Å². The Morgan fingerprint density at radius 2 is 1.95 bits per heavy atom. The number of hydrogen-bond acceptors (Lipinski definition) is 3. The number of benzene rings is 1. The number of furan rings is 1. The lowest BCUT2D eigenvalue weighted by molar-refractivity contribution is -0.130. The van der Waals surface area contributed by atoms with Gasteiger partial charge in [-0.2, -0.15) is 0 Å². The second-order valence-electron chi connectivity index (χ2n) is 4.81. The van der Waals surface area contributed by atoms with Gasteiger partial charge < -0.3 is 9.32 Å². The molecule has 0 saturated carbocycles. The summed E-state index contributed by atoms with van der Waals surface area (Å²) in [6.07, 6.45) is 1.51. The van der Waals surface area contributed by atoms with Crippen LogP contribution in [0.25, 0.3) is 0 Å². The molecule has 1 fully saturated rings. The Balaban J connectivity index is 1.97. The largest absolute Gasteiger partial charge is 0.467 e. The summed E-state index contributed by atoms with van der Waals surface area (Å²) in [5.41, 5.74) is -0.0771. The Hall–Kier alpha value is -1.82. The highest BCUT2D eigenvalue weighted by molar-refractivity contribution is 8.01. The molecule has 1 aliphatic rings. The van der Waals surface area contributed by atoms with E-state index in [-0.39, 0.29) is 23.3 Å². The number of thioether (sulfide) groups is 1. The molecule has 0 spiro atoms. The Bertz CT molecular complexity index is 639. The summed E-state index contributed by atoms with van der Waals surface area (Å²) < 4.78 is 33.2. The third-order valence-electron chi connectivity index (χ3n) is 3.40. The Kier molecular flexibility index (Phi) is 3.71. The van der Waals surface area contributed by atoms with Crippen LogP contribution in [0.15, 0.2) is 41.0 Å². The number of hydrogen-bond donors (Lipinski definition) is 0. The highest BCUT2D eigenvalue weighted by Gasteiger charge is 2.41. The van der Waals surface area contributed by atoms with Crippen molar-refractivity contribution in [2.24, 2.45) is 0 Å². The minimum absolute atomic E-state index is 0.0771. The Labute approximate surface area is 124 Å². The molecule has 1 aromatic carbocycles. The molecule has 1 aromatic heterocycles. The highest BCUT2D eigenvalue weighted by atomic mass is 32.2. The molecule has 3 rings (SSSR count). The minimum atomic E-state index is -0.682. The zero-order chi connectivity index (χ0) is 15.0. The van der Waals surface area contributed by atoms with E-state index in [1.54, 1.807) is 19.1 Å². The summed E-state index contributed by atoms with van der Waals surface area (Å²) >= 11 is 1.24. The first-order chi connectivity index (χ1) is 10.1. The van der Waals surface area contributed by atoms with E-state index in [0.29, 0.717) is 5.76 Å². The van der Waals surface area contributed by atoms with E-state index in [2.05, 4.69) is 0 Å². The molecule has 0 radical (unpaired) electrons. The molecule has 21 heavy (non-hydrogen) atoms. The predicted octanol–water partition coefficient (Wildman–Crippen LogP) is 3.72. The van der Waals surface area contributed by atoms with Crippen molar-refractivity contribution < 1.29 is 18.0 Å². The first-order valence-corrected chi connectivity index (χ1v) is 7.44. The zero-order valence-corrected chi connectivity index (χ0v) is 12.1. The summed E-state index contributed by atoms with van der Waals surface area (Å²) in [6.45, 7) is 1.93. The first kappa shape index (κ1) is 14.1. The zero-order valence-electron chi connectivity index (χ0n) is 11.3. The molecule has 110 valence electrons. The van der Waals surface area contributed by atoms with Crippen LogP contribution in [-0.4, -0.2) is 16.1 Å². The van der Waals surface area contributed by atoms with Gasteiger partial charge in [0.05, 0.1) is 23.6 Å². The van der Waals surface area contributed by atoms with E-state index in [9.17, 15) is 13.6 Å². The van der Waals surface area contributed by atoms with Crippen LogP contribution in [0.1, 0.15) is 23.6 Å². The topological polar surface area (TPSA) is 33.5 Å². The van der Waals surface area contributed by atoms with Crippen molar-refractivity contribution in [3.8, 4) is 0 Å². The van der Waals surface area contributed by atoms with Crippen LogP contribution in [-0.2, 0) is 11.3 Å². The number of amides is 1. The maximum absolute atomic E-state index is 14.0. The molecule has 6 heteroatoms. The van der Waals surface area contributed by atoms with Gasteiger partial charge in [0.15, 0.2) is 0 Å².